The lowest BCUT2D eigenvalue weighted by molar-refractivity contribution is -0.132. The van der Waals surface area contributed by atoms with Gasteiger partial charge in [0.1, 0.15) is 5.76 Å². The molecule has 2 heterocycles. The summed E-state index contributed by atoms with van der Waals surface area (Å²) in [7, 11) is 0. The Morgan fingerprint density at radius 2 is 2.20 bits per heavy atom. The lowest BCUT2D eigenvalue weighted by atomic mass is 10.1. The largest absolute Gasteiger partial charge is 0.444 e. The van der Waals surface area contributed by atoms with E-state index in [1.165, 1.54) is 11.1 Å². The first kappa shape index (κ1) is 17.7. The third-order valence-electron chi connectivity index (χ3n) is 5.00. The molecule has 0 radical (unpaired) electrons. The van der Waals surface area contributed by atoms with Crippen LogP contribution in [0.1, 0.15) is 43.0 Å². The quantitative estimate of drug-likeness (QED) is 0.810. The molecule has 1 aromatic carbocycles. The molecule has 1 saturated heterocycles. The molecule has 0 N–H and O–H groups in total. The fourth-order valence-corrected chi connectivity index (χ4v) is 3.47. The van der Waals surface area contributed by atoms with E-state index in [1.54, 1.807) is 13.1 Å². The van der Waals surface area contributed by atoms with Gasteiger partial charge in [-0.15, -0.1) is 0 Å². The molecule has 5 heteroatoms. The highest BCUT2D eigenvalue weighted by molar-refractivity contribution is 5.73. The number of carbonyl (C=O) groups is 1. The Labute approximate surface area is 149 Å². The van der Waals surface area contributed by atoms with Crippen LogP contribution >= 0.6 is 0 Å². The molecule has 3 rings (SSSR count). The summed E-state index contributed by atoms with van der Waals surface area (Å²) < 4.78 is 5.69. The molecule has 134 valence electrons. The highest BCUT2D eigenvalue weighted by Crippen LogP contribution is 2.21. The number of rotatable bonds is 6. The lowest BCUT2D eigenvalue weighted by Gasteiger charge is -2.27. The Balaban J connectivity index is 1.63. The molecular formula is C20H27N3O2. The van der Waals surface area contributed by atoms with Crippen molar-refractivity contribution in [3.8, 4) is 0 Å². The maximum Gasteiger partial charge on any atom is 0.220 e. The average molecular weight is 341 g/mol. The Hall–Kier alpha value is -2.14. The van der Waals surface area contributed by atoms with Gasteiger partial charge in [-0.2, -0.15) is 0 Å². The van der Waals surface area contributed by atoms with E-state index in [1.807, 2.05) is 11.8 Å². The molecule has 0 bridgehead atoms. The Morgan fingerprint density at radius 1 is 1.40 bits per heavy atom. The number of benzene rings is 1. The predicted molar refractivity (Wildman–Crippen MR) is 97.0 cm³/mol. The van der Waals surface area contributed by atoms with Crippen LogP contribution in [0.4, 0.5) is 0 Å². The predicted octanol–water partition coefficient (Wildman–Crippen LogP) is 3.17. The van der Waals surface area contributed by atoms with Gasteiger partial charge in [0.15, 0.2) is 0 Å². The van der Waals surface area contributed by atoms with Gasteiger partial charge in [0.05, 0.1) is 12.7 Å². The molecule has 1 unspecified atom stereocenters. The van der Waals surface area contributed by atoms with Gasteiger partial charge in [-0.05, 0) is 24.5 Å². The zero-order valence-corrected chi connectivity index (χ0v) is 15.4. The lowest BCUT2D eigenvalue weighted by Crippen LogP contribution is -2.40. The minimum atomic E-state index is 0.0824. The zero-order valence-electron chi connectivity index (χ0n) is 15.4. The normalized spacial score (nSPS) is 17.8. The number of hydrogen-bond donors (Lipinski definition) is 0. The number of likely N-dealkylation sites (tertiary alicyclic amines) is 1. The summed E-state index contributed by atoms with van der Waals surface area (Å²) in [6.45, 7) is 9.12. The van der Waals surface area contributed by atoms with Crippen LogP contribution in [0.15, 0.2) is 34.9 Å². The van der Waals surface area contributed by atoms with Crippen LogP contribution in [0.5, 0.6) is 0 Å². The van der Waals surface area contributed by atoms with Gasteiger partial charge in [0.25, 0.3) is 0 Å². The van der Waals surface area contributed by atoms with Gasteiger partial charge >= 0.3 is 0 Å². The number of nitrogens with zero attached hydrogens (tertiary/aromatic N) is 3. The van der Waals surface area contributed by atoms with Gasteiger partial charge in [0, 0.05) is 39.0 Å². The Kier molecular flexibility index (Phi) is 5.53. The second kappa shape index (κ2) is 7.83. The van der Waals surface area contributed by atoms with Crippen molar-refractivity contribution in [3.63, 3.8) is 0 Å². The molecule has 1 aromatic heterocycles. The maximum absolute atomic E-state index is 12.2. The van der Waals surface area contributed by atoms with Crippen LogP contribution < -0.4 is 0 Å². The van der Waals surface area contributed by atoms with Crippen molar-refractivity contribution in [2.75, 3.05) is 13.1 Å². The summed E-state index contributed by atoms with van der Waals surface area (Å²) in [6.07, 6.45) is 3.57. The van der Waals surface area contributed by atoms with Crippen LogP contribution in [0.25, 0.3) is 0 Å². The first-order valence-corrected chi connectivity index (χ1v) is 9.04. The third kappa shape index (κ3) is 4.28. The smallest absolute Gasteiger partial charge is 0.220 e. The number of hydrogen-bond acceptors (Lipinski definition) is 4. The number of carbonyl (C=O) groups excluding carboxylic acids is 1. The van der Waals surface area contributed by atoms with E-state index in [9.17, 15) is 4.79 Å². The summed E-state index contributed by atoms with van der Waals surface area (Å²) in [5.41, 5.74) is 2.68. The topological polar surface area (TPSA) is 49.6 Å². The second-order valence-corrected chi connectivity index (χ2v) is 6.82. The molecule has 0 aliphatic carbocycles. The summed E-state index contributed by atoms with van der Waals surface area (Å²) >= 11 is 0. The second-order valence-electron chi connectivity index (χ2n) is 6.82. The Bertz CT molecular complexity index is 725. The summed E-state index contributed by atoms with van der Waals surface area (Å²) in [5, 5.41) is 0. The number of amides is 1. The third-order valence-corrected chi connectivity index (χ3v) is 5.00. The van der Waals surface area contributed by atoms with E-state index in [-0.39, 0.29) is 11.9 Å². The van der Waals surface area contributed by atoms with Crippen molar-refractivity contribution >= 4 is 5.91 Å². The summed E-state index contributed by atoms with van der Waals surface area (Å²) in [6, 6.07) is 8.72. The molecule has 5 nitrogen and oxygen atoms in total. The molecular weight excluding hydrogens is 314 g/mol. The number of aromatic nitrogens is 1. The van der Waals surface area contributed by atoms with Crippen LogP contribution in [0, 0.1) is 6.92 Å². The van der Waals surface area contributed by atoms with Gasteiger partial charge in [0.2, 0.25) is 11.8 Å². The van der Waals surface area contributed by atoms with E-state index >= 15 is 0 Å². The maximum atomic E-state index is 12.2. The van der Waals surface area contributed by atoms with Crippen LogP contribution in [-0.2, 0) is 24.3 Å². The van der Waals surface area contributed by atoms with Crippen LogP contribution in [-0.4, -0.2) is 39.8 Å². The van der Waals surface area contributed by atoms with Crippen LogP contribution in [0.3, 0.4) is 0 Å². The van der Waals surface area contributed by atoms with Crippen molar-refractivity contribution in [2.45, 2.75) is 52.7 Å². The standard InChI is InChI=1S/C20H27N3O2/c1-4-19-11-21-20(25-19)14-23(16(3)24)18-9-10-22(13-18)12-17-8-6-5-7-15(17)2/h5-8,11,18H,4,9-10,12-14H2,1-3H3. The summed E-state index contributed by atoms with van der Waals surface area (Å²) in [4.78, 5) is 20.8. The first-order chi connectivity index (χ1) is 12.1. The van der Waals surface area contributed by atoms with E-state index in [4.69, 9.17) is 4.42 Å². The minimum Gasteiger partial charge on any atom is -0.444 e. The molecule has 2 aromatic rings. The van der Waals surface area contributed by atoms with Gasteiger partial charge < -0.3 is 9.32 Å². The first-order valence-electron chi connectivity index (χ1n) is 9.04. The van der Waals surface area contributed by atoms with Gasteiger partial charge in [-0.3, -0.25) is 9.69 Å². The number of aryl methyl sites for hydroxylation is 2. The monoisotopic (exact) mass is 341 g/mol. The van der Waals surface area contributed by atoms with E-state index < -0.39 is 0 Å². The number of oxazole rings is 1. The van der Waals surface area contributed by atoms with Crippen LogP contribution in [0.2, 0.25) is 0 Å². The van der Waals surface area contributed by atoms with Crippen molar-refractivity contribution in [3.05, 3.63) is 53.2 Å². The molecule has 25 heavy (non-hydrogen) atoms. The fraction of sp³-hybridized carbons (Fsp3) is 0.500. The van der Waals surface area contributed by atoms with Crippen molar-refractivity contribution in [1.82, 2.24) is 14.8 Å². The Morgan fingerprint density at radius 3 is 2.88 bits per heavy atom. The van der Waals surface area contributed by atoms with Gasteiger partial charge in [-0.1, -0.05) is 31.2 Å². The van der Waals surface area contributed by atoms with E-state index in [0.717, 1.165) is 38.2 Å². The molecule has 1 amide bonds. The molecule has 1 aliphatic rings. The minimum absolute atomic E-state index is 0.0824. The fourth-order valence-electron chi connectivity index (χ4n) is 3.47. The SMILES string of the molecule is CCc1cnc(CN(C(C)=O)C2CCN(Cc3ccccc3C)C2)o1. The van der Waals surface area contributed by atoms with Crippen molar-refractivity contribution < 1.29 is 9.21 Å². The molecule has 1 aliphatic heterocycles. The molecule has 1 fully saturated rings. The highest BCUT2D eigenvalue weighted by Gasteiger charge is 2.30. The van der Waals surface area contributed by atoms with E-state index in [2.05, 4.69) is 41.1 Å². The molecule has 1 atom stereocenters. The molecule has 0 spiro atoms. The van der Waals surface area contributed by atoms with Crippen molar-refractivity contribution in [1.29, 1.82) is 0 Å². The zero-order chi connectivity index (χ0) is 17.8. The van der Waals surface area contributed by atoms with Gasteiger partial charge in [-0.25, -0.2) is 4.98 Å². The van der Waals surface area contributed by atoms with Crippen molar-refractivity contribution in [2.24, 2.45) is 0 Å². The van der Waals surface area contributed by atoms with E-state index in [0.29, 0.717) is 12.4 Å². The highest BCUT2D eigenvalue weighted by atomic mass is 16.4. The molecule has 0 saturated carbocycles. The average Bonchev–Trinajstić information content (AvgIpc) is 3.23. The summed E-state index contributed by atoms with van der Waals surface area (Å²) in [5.74, 6) is 1.58.